The van der Waals surface area contributed by atoms with Crippen molar-refractivity contribution in [1.82, 2.24) is 10.6 Å². The maximum Gasteiger partial charge on any atom is 0.407 e. The summed E-state index contributed by atoms with van der Waals surface area (Å²) in [5, 5.41) is 5.42. The molecule has 1 amide bonds. The highest BCUT2D eigenvalue weighted by molar-refractivity contribution is 7.80. The number of rotatable bonds is 7. The summed E-state index contributed by atoms with van der Waals surface area (Å²) >= 11 is 5.12. The van der Waals surface area contributed by atoms with Crippen LogP contribution in [0.2, 0.25) is 0 Å². The Labute approximate surface area is 141 Å². The highest BCUT2D eigenvalue weighted by atomic mass is 32.1. The first-order valence-electron chi connectivity index (χ1n) is 7.25. The number of hydrogen-bond acceptors (Lipinski definition) is 5. The van der Waals surface area contributed by atoms with E-state index in [1.165, 1.54) is 7.11 Å². The zero-order chi connectivity index (χ0) is 17.2. The number of carbonyl (C=O) groups is 2. The van der Waals surface area contributed by atoms with Crippen LogP contribution in [0.3, 0.4) is 0 Å². The Hall–Kier alpha value is -2.15. The zero-order valence-electron chi connectivity index (χ0n) is 13.5. The molecule has 1 atom stereocenters. The summed E-state index contributed by atoms with van der Waals surface area (Å²) in [5.41, 5.74) is 0.897. The SMILES string of the molecule is COC(=O)[C@@H](NC(=S)CNC(=O)OCc1ccccc1)C(C)C. The molecule has 126 valence electrons. The van der Waals surface area contributed by atoms with E-state index in [1.807, 2.05) is 44.2 Å². The summed E-state index contributed by atoms with van der Waals surface area (Å²) < 4.78 is 9.79. The van der Waals surface area contributed by atoms with Crippen molar-refractivity contribution in [2.75, 3.05) is 13.7 Å². The van der Waals surface area contributed by atoms with Gasteiger partial charge >= 0.3 is 12.1 Å². The van der Waals surface area contributed by atoms with E-state index in [-0.39, 0.29) is 19.1 Å². The van der Waals surface area contributed by atoms with E-state index >= 15 is 0 Å². The van der Waals surface area contributed by atoms with Crippen LogP contribution in [0.5, 0.6) is 0 Å². The predicted molar refractivity (Wildman–Crippen MR) is 91.0 cm³/mol. The van der Waals surface area contributed by atoms with Gasteiger partial charge in [0.25, 0.3) is 0 Å². The number of ether oxygens (including phenoxy) is 2. The molecular formula is C16H22N2O4S. The lowest BCUT2D eigenvalue weighted by atomic mass is 10.0. The molecule has 0 spiro atoms. The fourth-order valence-corrected chi connectivity index (χ4v) is 1.97. The Bertz CT molecular complexity index is 534. The minimum Gasteiger partial charge on any atom is -0.467 e. The molecule has 0 aromatic heterocycles. The van der Waals surface area contributed by atoms with Crippen molar-refractivity contribution >= 4 is 29.3 Å². The number of amides is 1. The molecule has 1 aromatic rings. The normalized spacial score (nSPS) is 11.5. The summed E-state index contributed by atoms with van der Waals surface area (Å²) in [7, 11) is 1.32. The van der Waals surface area contributed by atoms with E-state index in [0.717, 1.165) is 5.56 Å². The lowest BCUT2D eigenvalue weighted by molar-refractivity contribution is -0.143. The van der Waals surface area contributed by atoms with Crippen molar-refractivity contribution in [2.45, 2.75) is 26.5 Å². The van der Waals surface area contributed by atoms with E-state index in [0.29, 0.717) is 4.99 Å². The van der Waals surface area contributed by atoms with Gasteiger partial charge in [-0.3, -0.25) is 0 Å². The fourth-order valence-electron chi connectivity index (χ4n) is 1.78. The van der Waals surface area contributed by atoms with Crippen LogP contribution >= 0.6 is 12.2 Å². The van der Waals surface area contributed by atoms with Gasteiger partial charge < -0.3 is 20.1 Å². The second kappa shape index (κ2) is 9.78. The Balaban J connectivity index is 2.34. The largest absolute Gasteiger partial charge is 0.467 e. The van der Waals surface area contributed by atoms with Gasteiger partial charge in [0.2, 0.25) is 0 Å². The first kappa shape index (κ1) is 18.9. The number of carbonyl (C=O) groups excluding carboxylic acids is 2. The summed E-state index contributed by atoms with van der Waals surface area (Å²) in [4.78, 5) is 23.6. The predicted octanol–water partition coefficient (Wildman–Crippen LogP) is 2.03. The Kier molecular flexibility index (Phi) is 8.04. The van der Waals surface area contributed by atoms with Crippen LogP contribution in [0.4, 0.5) is 4.79 Å². The topological polar surface area (TPSA) is 76.7 Å². The molecule has 6 nitrogen and oxygen atoms in total. The smallest absolute Gasteiger partial charge is 0.407 e. The first-order valence-corrected chi connectivity index (χ1v) is 7.66. The van der Waals surface area contributed by atoms with Gasteiger partial charge in [-0.15, -0.1) is 0 Å². The van der Waals surface area contributed by atoms with Crippen molar-refractivity contribution in [1.29, 1.82) is 0 Å². The average molecular weight is 338 g/mol. The van der Waals surface area contributed by atoms with E-state index < -0.39 is 18.1 Å². The summed E-state index contributed by atoms with van der Waals surface area (Å²) in [6.07, 6.45) is -0.572. The number of benzene rings is 1. The van der Waals surface area contributed by atoms with Crippen molar-refractivity contribution in [3.05, 3.63) is 35.9 Å². The summed E-state index contributed by atoms with van der Waals surface area (Å²) in [6.45, 7) is 4.02. The molecule has 0 aliphatic rings. The molecule has 7 heteroatoms. The maximum atomic E-state index is 11.6. The van der Waals surface area contributed by atoms with Crippen LogP contribution in [0.1, 0.15) is 19.4 Å². The standard InChI is InChI=1S/C16H22N2O4S/c1-11(2)14(15(19)21-3)18-13(23)9-17-16(20)22-10-12-7-5-4-6-8-12/h4-8,11,14H,9-10H2,1-3H3,(H,17,20)(H,18,23)/t14-/m0/s1. The fraction of sp³-hybridized carbons (Fsp3) is 0.438. The number of hydrogen-bond donors (Lipinski definition) is 2. The number of nitrogens with one attached hydrogen (secondary N) is 2. The molecule has 0 saturated carbocycles. The van der Waals surface area contributed by atoms with Gasteiger partial charge in [-0.1, -0.05) is 56.4 Å². The first-order chi connectivity index (χ1) is 10.9. The Morgan fingerprint density at radius 3 is 2.43 bits per heavy atom. The van der Waals surface area contributed by atoms with Crippen LogP contribution < -0.4 is 10.6 Å². The van der Waals surface area contributed by atoms with Gasteiger partial charge in [0.05, 0.1) is 18.6 Å². The van der Waals surface area contributed by atoms with Crippen molar-refractivity contribution in [3.63, 3.8) is 0 Å². The molecule has 2 N–H and O–H groups in total. The summed E-state index contributed by atoms with van der Waals surface area (Å²) in [5.74, 6) is -0.389. The summed E-state index contributed by atoms with van der Waals surface area (Å²) in [6, 6.07) is 8.81. The van der Waals surface area contributed by atoms with Crippen LogP contribution in [0.25, 0.3) is 0 Å². The third kappa shape index (κ3) is 7.10. The minimum atomic E-state index is -0.572. The molecular weight excluding hydrogens is 316 g/mol. The molecule has 0 radical (unpaired) electrons. The minimum absolute atomic E-state index is 0.00503. The van der Waals surface area contributed by atoms with Crippen LogP contribution in [0, 0.1) is 5.92 Å². The van der Waals surface area contributed by atoms with E-state index in [1.54, 1.807) is 0 Å². The second-order valence-electron chi connectivity index (χ2n) is 5.23. The van der Waals surface area contributed by atoms with Crippen LogP contribution in [0.15, 0.2) is 30.3 Å². The number of methoxy groups -OCH3 is 1. The molecule has 0 fully saturated rings. The molecule has 0 unspecified atom stereocenters. The highest BCUT2D eigenvalue weighted by Gasteiger charge is 2.23. The highest BCUT2D eigenvalue weighted by Crippen LogP contribution is 2.04. The molecule has 0 heterocycles. The third-order valence-electron chi connectivity index (χ3n) is 3.04. The van der Waals surface area contributed by atoms with Gasteiger partial charge in [0.1, 0.15) is 12.6 Å². The van der Waals surface area contributed by atoms with E-state index in [2.05, 4.69) is 10.6 Å². The molecule has 0 bridgehead atoms. The molecule has 23 heavy (non-hydrogen) atoms. The third-order valence-corrected chi connectivity index (χ3v) is 3.31. The van der Waals surface area contributed by atoms with Gasteiger partial charge in [0, 0.05) is 0 Å². The monoisotopic (exact) mass is 338 g/mol. The van der Waals surface area contributed by atoms with Crippen molar-refractivity contribution < 1.29 is 19.1 Å². The number of esters is 1. The number of thiocarbonyl (C=S) groups is 1. The van der Waals surface area contributed by atoms with Gasteiger partial charge in [-0.2, -0.15) is 0 Å². The second-order valence-corrected chi connectivity index (χ2v) is 5.72. The molecule has 0 aliphatic carbocycles. The molecule has 1 rings (SSSR count). The lowest BCUT2D eigenvalue weighted by Gasteiger charge is -2.21. The van der Waals surface area contributed by atoms with Gasteiger partial charge in [-0.05, 0) is 11.5 Å². The van der Waals surface area contributed by atoms with Crippen LogP contribution in [-0.4, -0.2) is 36.7 Å². The average Bonchev–Trinajstić information content (AvgIpc) is 2.55. The van der Waals surface area contributed by atoms with Crippen molar-refractivity contribution in [3.8, 4) is 0 Å². The van der Waals surface area contributed by atoms with Crippen molar-refractivity contribution in [2.24, 2.45) is 5.92 Å². The molecule has 0 aliphatic heterocycles. The van der Waals surface area contributed by atoms with Gasteiger partial charge in [0.15, 0.2) is 0 Å². The Morgan fingerprint density at radius 2 is 1.87 bits per heavy atom. The maximum absolute atomic E-state index is 11.6. The van der Waals surface area contributed by atoms with E-state index in [9.17, 15) is 9.59 Å². The Morgan fingerprint density at radius 1 is 1.22 bits per heavy atom. The number of alkyl carbamates (subject to hydrolysis) is 1. The zero-order valence-corrected chi connectivity index (χ0v) is 14.3. The lowest BCUT2D eigenvalue weighted by Crippen LogP contribution is -2.47. The van der Waals surface area contributed by atoms with E-state index in [4.69, 9.17) is 21.7 Å². The molecule has 0 saturated heterocycles. The molecule has 1 aromatic carbocycles. The van der Waals surface area contributed by atoms with Crippen LogP contribution in [-0.2, 0) is 20.9 Å². The van der Waals surface area contributed by atoms with Gasteiger partial charge in [-0.25, -0.2) is 9.59 Å². The quantitative estimate of drug-likeness (QED) is 0.585.